The molecule has 1 atom stereocenters. The summed E-state index contributed by atoms with van der Waals surface area (Å²) in [5, 5.41) is 0. The van der Waals surface area contributed by atoms with Crippen LogP contribution >= 0.6 is 0 Å². The zero-order chi connectivity index (χ0) is 19.0. The molecular weight excluding hydrogens is 330 g/mol. The summed E-state index contributed by atoms with van der Waals surface area (Å²) in [5.74, 6) is 0.00361. The third-order valence-electron chi connectivity index (χ3n) is 2.95. The lowest BCUT2D eigenvalue weighted by atomic mass is 9.76. The number of alkyl halides is 3. The summed E-state index contributed by atoms with van der Waals surface area (Å²) in [6, 6.07) is 12.7. The molecule has 0 aliphatic rings. The second kappa shape index (κ2) is 9.37. The maximum absolute atomic E-state index is 12.1. The van der Waals surface area contributed by atoms with E-state index < -0.39 is 12.2 Å². The normalized spacial score (nSPS) is 12.2. The van der Waals surface area contributed by atoms with Gasteiger partial charge in [-0.2, -0.15) is 0 Å². The Morgan fingerprint density at radius 1 is 0.840 bits per heavy atom. The second-order valence-electron chi connectivity index (χ2n) is 5.71. The maximum Gasteiger partial charge on any atom is 0.573 e. The number of halogens is 3. The van der Waals surface area contributed by atoms with E-state index in [-0.39, 0.29) is 5.75 Å². The summed E-state index contributed by atoms with van der Waals surface area (Å²) in [6.45, 7) is 0. The minimum absolute atomic E-state index is 0.270. The van der Waals surface area contributed by atoms with Crippen molar-refractivity contribution in [3.05, 3.63) is 59.7 Å². The van der Waals surface area contributed by atoms with E-state index in [9.17, 15) is 13.2 Å². The zero-order valence-electron chi connectivity index (χ0n) is 14.7. The number of ether oxygens (including phenoxy) is 2. The van der Waals surface area contributed by atoms with E-state index in [1.54, 1.807) is 19.2 Å². The van der Waals surface area contributed by atoms with Gasteiger partial charge in [0.1, 0.15) is 11.5 Å². The van der Waals surface area contributed by atoms with Crippen LogP contribution in [0.25, 0.3) is 0 Å². The van der Waals surface area contributed by atoms with Crippen molar-refractivity contribution in [2.45, 2.75) is 12.2 Å². The van der Waals surface area contributed by atoms with E-state index in [1.165, 1.54) is 24.3 Å². The van der Waals surface area contributed by atoms with E-state index in [4.69, 9.17) is 12.6 Å². The van der Waals surface area contributed by atoms with E-state index in [2.05, 4.69) is 4.74 Å². The molecule has 0 heterocycles. The fourth-order valence-corrected chi connectivity index (χ4v) is 1.88. The van der Waals surface area contributed by atoms with Gasteiger partial charge in [-0.15, -0.1) is 13.2 Å². The third-order valence-corrected chi connectivity index (χ3v) is 2.95. The van der Waals surface area contributed by atoms with Gasteiger partial charge >= 0.3 is 6.36 Å². The molecule has 0 N–H and O–H groups in total. The molecule has 2 aromatic carbocycles. The predicted octanol–water partition coefficient (Wildman–Crippen LogP) is 4.03. The summed E-state index contributed by atoms with van der Waals surface area (Å²) >= 11 is 0. The standard InChI is InChI=1S/C15H12BF3O2.C3H9N/c1-20-12-6-2-10(3-7-12)14(16)11-4-8-13(9-5-11)21-15(17,18)19;1-4(2)3/h2-9,14H,1H3;1-3H3. The molecule has 2 rings (SSSR count). The van der Waals surface area contributed by atoms with Gasteiger partial charge in [0.2, 0.25) is 0 Å². The molecule has 0 saturated carbocycles. The van der Waals surface area contributed by atoms with Gasteiger partial charge in [-0.25, -0.2) is 0 Å². The lowest BCUT2D eigenvalue weighted by molar-refractivity contribution is -0.274. The molecule has 7 heteroatoms. The number of nitrogens with zero attached hydrogens (tertiary/aromatic N) is 1. The Kier molecular flexibility index (Phi) is 7.83. The van der Waals surface area contributed by atoms with Gasteiger partial charge in [-0.05, 0) is 62.4 Å². The highest BCUT2D eigenvalue weighted by Crippen LogP contribution is 2.27. The monoisotopic (exact) mass is 351 g/mol. The van der Waals surface area contributed by atoms with Gasteiger partial charge in [-0.3, -0.25) is 0 Å². The molecule has 3 nitrogen and oxygen atoms in total. The zero-order valence-corrected chi connectivity index (χ0v) is 14.7. The second-order valence-corrected chi connectivity index (χ2v) is 5.71. The first-order valence-corrected chi connectivity index (χ1v) is 7.48. The first kappa shape index (κ1) is 20.9. The van der Waals surface area contributed by atoms with Gasteiger partial charge < -0.3 is 14.4 Å². The molecule has 0 bridgehead atoms. The van der Waals surface area contributed by atoms with Crippen LogP contribution in [0.2, 0.25) is 0 Å². The smallest absolute Gasteiger partial charge is 0.497 e. The van der Waals surface area contributed by atoms with Crippen LogP contribution in [0.3, 0.4) is 0 Å². The molecule has 1 unspecified atom stereocenters. The number of hydrogen-bond donors (Lipinski definition) is 0. The number of rotatable bonds is 4. The molecular formula is C18H21BF3NO2. The van der Waals surface area contributed by atoms with Gasteiger partial charge in [0.05, 0.1) is 15.0 Å². The summed E-state index contributed by atoms with van der Waals surface area (Å²) in [4.78, 5) is 2.00. The van der Waals surface area contributed by atoms with Crippen LogP contribution in [0.5, 0.6) is 11.5 Å². The third kappa shape index (κ3) is 7.98. The summed E-state index contributed by atoms with van der Waals surface area (Å²) in [6.07, 6.45) is -4.69. The summed E-state index contributed by atoms with van der Waals surface area (Å²) < 4.78 is 45.1. The largest absolute Gasteiger partial charge is 0.573 e. The average Bonchev–Trinajstić information content (AvgIpc) is 2.53. The minimum atomic E-state index is -4.69. The van der Waals surface area contributed by atoms with Crippen LogP contribution in [0.15, 0.2) is 48.5 Å². The topological polar surface area (TPSA) is 21.7 Å². The molecule has 0 aliphatic heterocycles. The predicted molar refractivity (Wildman–Crippen MR) is 93.3 cm³/mol. The molecule has 0 amide bonds. The van der Waals surface area contributed by atoms with Crippen LogP contribution in [0, 0.1) is 0 Å². The van der Waals surface area contributed by atoms with Crippen molar-refractivity contribution < 1.29 is 22.6 Å². The first-order chi connectivity index (χ1) is 11.6. The van der Waals surface area contributed by atoms with Crippen LogP contribution in [0.1, 0.15) is 16.9 Å². The van der Waals surface area contributed by atoms with Crippen molar-refractivity contribution in [1.82, 2.24) is 4.90 Å². The lowest BCUT2D eigenvalue weighted by Crippen LogP contribution is -2.17. The number of hydrogen-bond acceptors (Lipinski definition) is 3. The Bertz CT molecular complexity index is 626. The van der Waals surface area contributed by atoms with Crippen molar-refractivity contribution in [2.24, 2.45) is 0 Å². The van der Waals surface area contributed by atoms with Gasteiger partial charge in [0.15, 0.2) is 0 Å². The van der Waals surface area contributed by atoms with E-state index in [0.29, 0.717) is 11.3 Å². The van der Waals surface area contributed by atoms with Gasteiger partial charge in [0, 0.05) is 0 Å². The Balaban J connectivity index is 0.000000705. The molecule has 0 aromatic heterocycles. The van der Waals surface area contributed by atoms with Crippen LogP contribution in [-0.4, -0.2) is 47.4 Å². The molecule has 0 saturated heterocycles. The van der Waals surface area contributed by atoms with Crippen LogP contribution in [-0.2, 0) is 0 Å². The van der Waals surface area contributed by atoms with Crippen molar-refractivity contribution in [2.75, 3.05) is 28.3 Å². The van der Waals surface area contributed by atoms with Gasteiger partial charge in [-0.1, -0.05) is 24.3 Å². The highest BCUT2D eigenvalue weighted by molar-refractivity contribution is 6.14. The average molecular weight is 351 g/mol. The Hall–Kier alpha value is -2.15. The summed E-state index contributed by atoms with van der Waals surface area (Å²) in [7, 11) is 13.6. The van der Waals surface area contributed by atoms with E-state index in [1.807, 2.05) is 38.2 Å². The number of methoxy groups -OCH3 is 1. The number of benzene rings is 2. The first-order valence-electron chi connectivity index (χ1n) is 7.48. The summed E-state index contributed by atoms with van der Waals surface area (Å²) in [5.41, 5.74) is 1.52. The Morgan fingerprint density at radius 3 is 1.52 bits per heavy atom. The molecule has 0 fully saturated rings. The Morgan fingerprint density at radius 2 is 1.20 bits per heavy atom. The quantitative estimate of drug-likeness (QED) is 0.777. The van der Waals surface area contributed by atoms with E-state index >= 15 is 0 Å². The highest BCUT2D eigenvalue weighted by Gasteiger charge is 2.31. The van der Waals surface area contributed by atoms with Crippen LogP contribution < -0.4 is 9.47 Å². The Labute approximate surface area is 147 Å². The van der Waals surface area contributed by atoms with Gasteiger partial charge in [0.25, 0.3) is 0 Å². The fraction of sp³-hybridized carbons (Fsp3) is 0.333. The van der Waals surface area contributed by atoms with E-state index in [0.717, 1.165) is 5.56 Å². The SMILES string of the molecule is CN(C)C.[B]C(c1ccc(OC)cc1)c1ccc(OC(F)(F)F)cc1. The molecule has 25 heavy (non-hydrogen) atoms. The molecule has 134 valence electrons. The van der Waals surface area contributed by atoms with Crippen molar-refractivity contribution in [3.63, 3.8) is 0 Å². The molecule has 0 aliphatic carbocycles. The maximum atomic E-state index is 12.1. The molecule has 2 aromatic rings. The molecule has 0 spiro atoms. The minimum Gasteiger partial charge on any atom is -0.497 e. The molecule has 2 radical (unpaired) electrons. The van der Waals surface area contributed by atoms with Crippen molar-refractivity contribution in [3.8, 4) is 11.5 Å². The van der Waals surface area contributed by atoms with Crippen molar-refractivity contribution >= 4 is 7.85 Å². The fourth-order valence-electron chi connectivity index (χ4n) is 1.88. The lowest BCUT2D eigenvalue weighted by Gasteiger charge is -2.15. The van der Waals surface area contributed by atoms with Crippen molar-refractivity contribution in [1.29, 1.82) is 0 Å². The highest BCUT2D eigenvalue weighted by atomic mass is 19.4. The van der Waals surface area contributed by atoms with Crippen LogP contribution in [0.4, 0.5) is 13.2 Å².